The van der Waals surface area contributed by atoms with Gasteiger partial charge >= 0.3 is 5.97 Å². The minimum atomic E-state index is -2.26. The van der Waals surface area contributed by atoms with Gasteiger partial charge in [0.25, 0.3) is 11.3 Å². The Morgan fingerprint density at radius 1 is 1.18 bits per heavy atom. The summed E-state index contributed by atoms with van der Waals surface area (Å²) in [5.41, 5.74) is 4.70. The Morgan fingerprint density at radius 3 is 2.50 bits per heavy atom. The van der Waals surface area contributed by atoms with Crippen LogP contribution in [-0.2, 0) is 22.4 Å². The lowest BCUT2D eigenvalue weighted by atomic mass is 10.0. The van der Waals surface area contributed by atoms with Crippen LogP contribution in [0.1, 0.15) is 47.2 Å². The van der Waals surface area contributed by atoms with Crippen molar-refractivity contribution in [3.05, 3.63) is 82.5 Å². The first-order valence-electron chi connectivity index (χ1n) is 12.4. The highest BCUT2D eigenvalue weighted by Crippen LogP contribution is 2.46. The van der Waals surface area contributed by atoms with E-state index in [1.807, 2.05) is 30.3 Å². The van der Waals surface area contributed by atoms with Gasteiger partial charge in [0.15, 0.2) is 0 Å². The Balaban J connectivity index is 1.59. The van der Waals surface area contributed by atoms with Gasteiger partial charge in [-0.1, -0.05) is 35.9 Å². The summed E-state index contributed by atoms with van der Waals surface area (Å²) in [5, 5.41) is 5.30. The van der Waals surface area contributed by atoms with E-state index in [1.54, 1.807) is 49.0 Å². The first-order chi connectivity index (χ1) is 18.4. The number of hydrogen-bond acceptors (Lipinski definition) is 5. The lowest BCUT2D eigenvalue weighted by molar-refractivity contribution is 0.0529. The molecule has 0 saturated heterocycles. The highest BCUT2D eigenvalue weighted by atomic mass is 35.5. The number of ether oxygens (including phenoxy) is 2. The van der Waals surface area contributed by atoms with Gasteiger partial charge in [-0.2, -0.15) is 5.10 Å². The van der Waals surface area contributed by atoms with Crippen molar-refractivity contribution in [1.82, 2.24) is 9.61 Å². The van der Waals surface area contributed by atoms with Gasteiger partial charge in [-0.05, 0) is 73.6 Å². The van der Waals surface area contributed by atoms with Crippen LogP contribution in [0.2, 0.25) is 5.02 Å². The third-order valence-electron chi connectivity index (χ3n) is 6.61. The number of benzene rings is 2. The van der Waals surface area contributed by atoms with E-state index in [4.69, 9.17) is 26.2 Å². The summed E-state index contributed by atoms with van der Waals surface area (Å²) in [6, 6.07) is 16.6. The largest absolute Gasteiger partial charge is 0.497 e. The molecule has 0 radical (unpaired) electrons. The molecule has 1 atom stereocenters. The van der Waals surface area contributed by atoms with Crippen molar-refractivity contribution in [1.29, 1.82) is 0 Å². The summed E-state index contributed by atoms with van der Waals surface area (Å²) >= 11 is 3.82. The molecule has 2 aromatic heterocycles. The number of nitrogens with zero attached hydrogens (tertiary/aromatic N) is 3. The molecule has 0 spiro atoms. The number of esters is 1. The van der Waals surface area contributed by atoms with Gasteiger partial charge < -0.3 is 9.47 Å². The van der Waals surface area contributed by atoms with Crippen molar-refractivity contribution in [3.63, 3.8) is 0 Å². The first-order valence-corrected chi connectivity index (χ1v) is 13.8. The van der Waals surface area contributed by atoms with Crippen molar-refractivity contribution in [2.75, 3.05) is 24.6 Å². The number of rotatable bonds is 10. The van der Waals surface area contributed by atoms with Crippen LogP contribution >= 0.6 is 11.6 Å². The van der Waals surface area contributed by atoms with Crippen molar-refractivity contribution < 1.29 is 23.0 Å². The topological polar surface area (TPSA) is 93.4 Å². The first kappa shape index (κ1) is 26.2. The Hall–Kier alpha value is -3.40. The molecule has 1 aliphatic rings. The quantitative estimate of drug-likeness (QED) is 0.194. The van der Waals surface area contributed by atoms with Crippen LogP contribution in [0.25, 0.3) is 16.8 Å². The summed E-state index contributed by atoms with van der Waals surface area (Å²) < 4.78 is 36.6. The number of pyridine rings is 1. The predicted molar refractivity (Wildman–Crippen MR) is 148 cm³/mol. The maximum atomic E-state index is 13.1. The van der Waals surface area contributed by atoms with Gasteiger partial charge in [0.1, 0.15) is 17.0 Å². The van der Waals surface area contributed by atoms with Crippen LogP contribution in [0.4, 0.5) is 5.69 Å². The van der Waals surface area contributed by atoms with Crippen LogP contribution in [-0.4, -0.2) is 44.6 Å². The predicted octanol–water partition coefficient (Wildman–Crippen LogP) is 5.90. The molecule has 1 unspecified atom stereocenters. The maximum Gasteiger partial charge on any atom is 0.342 e. The highest BCUT2D eigenvalue weighted by molar-refractivity contribution is 7.80. The van der Waals surface area contributed by atoms with Gasteiger partial charge in [-0.25, -0.2) is 13.5 Å². The van der Waals surface area contributed by atoms with E-state index in [9.17, 15) is 13.6 Å². The fraction of sp³-hybridized carbons (Fsp3) is 0.286. The smallest absolute Gasteiger partial charge is 0.342 e. The normalized spacial score (nSPS) is 13.9. The Labute approximate surface area is 228 Å². The number of hydrogen-bond donors (Lipinski definition) is 1. The second-order valence-corrected chi connectivity index (χ2v) is 10.4. The van der Waals surface area contributed by atoms with Gasteiger partial charge in [0, 0.05) is 17.1 Å². The molecular formula is C28H28ClN3O5S. The fourth-order valence-electron chi connectivity index (χ4n) is 4.55. The molecule has 4 aromatic rings. The molecule has 8 nitrogen and oxygen atoms in total. The number of carbonyl (C=O) groups is 1. The molecule has 2 heterocycles. The third kappa shape index (κ3) is 5.41. The number of carbonyl (C=O) groups excluding carboxylic acids is 1. The average Bonchev–Trinajstić information content (AvgIpc) is 3.69. The van der Waals surface area contributed by atoms with Crippen LogP contribution in [0.3, 0.4) is 0 Å². The van der Waals surface area contributed by atoms with E-state index >= 15 is 0 Å². The van der Waals surface area contributed by atoms with Crippen LogP contribution in [0.15, 0.2) is 60.8 Å². The van der Waals surface area contributed by atoms with Gasteiger partial charge in [0.2, 0.25) is 0 Å². The lowest BCUT2D eigenvalue weighted by Gasteiger charge is -2.23. The van der Waals surface area contributed by atoms with E-state index in [0.717, 1.165) is 35.3 Å². The van der Waals surface area contributed by atoms with E-state index in [1.165, 1.54) is 4.31 Å². The maximum absolute atomic E-state index is 13.1. The SMILES string of the molecule is CCOC(=O)c1c(-c2ccc(Cl)cc2)nn2cc(N(CCc3ccc(OC)cc3)S(=O)O)c(C3CC3)cc12. The number of fused-ring (bicyclic) bond motifs is 1. The van der Waals surface area contributed by atoms with E-state index < -0.39 is 17.2 Å². The number of halogens is 1. The zero-order chi connectivity index (χ0) is 26.8. The molecule has 0 bridgehead atoms. The van der Waals surface area contributed by atoms with Crippen molar-refractivity contribution in [2.45, 2.75) is 32.1 Å². The fourth-order valence-corrected chi connectivity index (χ4v) is 5.24. The molecule has 0 aliphatic heterocycles. The second kappa shape index (κ2) is 11.1. The molecule has 1 saturated carbocycles. The number of aromatic nitrogens is 2. The highest BCUT2D eigenvalue weighted by Gasteiger charge is 2.32. The van der Waals surface area contributed by atoms with E-state index in [0.29, 0.717) is 40.4 Å². The van der Waals surface area contributed by atoms with Crippen molar-refractivity contribution in [3.8, 4) is 17.0 Å². The molecular weight excluding hydrogens is 526 g/mol. The molecule has 38 heavy (non-hydrogen) atoms. The Morgan fingerprint density at radius 2 is 1.89 bits per heavy atom. The zero-order valence-corrected chi connectivity index (χ0v) is 22.7. The molecule has 10 heteroatoms. The van der Waals surface area contributed by atoms with Crippen LogP contribution in [0, 0.1) is 0 Å². The Bertz CT molecular complexity index is 1480. The minimum Gasteiger partial charge on any atom is -0.497 e. The molecule has 1 aliphatic carbocycles. The van der Waals surface area contributed by atoms with Gasteiger partial charge in [0.05, 0.1) is 31.1 Å². The molecule has 5 rings (SSSR count). The monoisotopic (exact) mass is 553 g/mol. The molecule has 198 valence electrons. The standard InChI is InChI=1S/C28H28ClN3O5S/c1-3-37-28(33)26-24-16-23(19-6-7-19)25(17-31(24)30-27(26)20-8-10-21(29)11-9-20)32(38(34)35)15-14-18-4-12-22(36-2)13-5-18/h4-5,8-13,16-17,19H,3,6-7,14-15H2,1-2H3,(H,34,35). The summed E-state index contributed by atoms with van der Waals surface area (Å²) in [4.78, 5) is 13.1. The molecule has 0 amide bonds. The second-order valence-electron chi connectivity index (χ2n) is 9.10. The summed E-state index contributed by atoms with van der Waals surface area (Å²) in [5.74, 6) is 0.528. The van der Waals surface area contributed by atoms with E-state index in [-0.39, 0.29) is 12.5 Å². The van der Waals surface area contributed by atoms with Gasteiger partial charge in [-0.15, -0.1) is 0 Å². The zero-order valence-electron chi connectivity index (χ0n) is 21.1. The van der Waals surface area contributed by atoms with Crippen molar-refractivity contribution in [2.24, 2.45) is 0 Å². The number of anilines is 1. The summed E-state index contributed by atoms with van der Waals surface area (Å²) in [6.45, 7) is 2.31. The van der Waals surface area contributed by atoms with Crippen LogP contribution < -0.4 is 9.04 Å². The summed E-state index contributed by atoms with van der Waals surface area (Å²) in [7, 11) is 1.61. The average molecular weight is 554 g/mol. The molecule has 1 fully saturated rings. The van der Waals surface area contributed by atoms with E-state index in [2.05, 4.69) is 0 Å². The van der Waals surface area contributed by atoms with Gasteiger partial charge in [-0.3, -0.25) is 8.86 Å². The summed E-state index contributed by atoms with van der Waals surface area (Å²) in [6.07, 6.45) is 4.25. The molecule has 1 N–H and O–H groups in total. The van der Waals surface area contributed by atoms with Crippen LogP contribution in [0.5, 0.6) is 5.75 Å². The minimum absolute atomic E-state index is 0.229. The van der Waals surface area contributed by atoms with Crippen molar-refractivity contribution >= 4 is 40.0 Å². The third-order valence-corrected chi connectivity index (χ3v) is 7.62. The number of methoxy groups -OCH3 is 1. The lowest BCUT2D eigenvalue weighted by Crippen LogP contribution is -2.29. The Kier molecular flexibility index (Phi) is 7.69. The molecule has 2 aromatic carbocycles.